The lowest BCUT2D eigenvalue weighted by Gasteiger charge is -2.37. The van der Waals surface area contributed by atoms with E-state index in [9.17, 15) is 22.8 Å². The molecule has 2 aliphatic rings. The number of nitrogens with two attached hydrogens (primary N) is 4. The Bertz CT molecular complexity index is 1450. The van der Waals surface area contributed by atoms with Crippen molar-refractivity contribution < 1.29 is 27.6 Å². The van der Waals surface area contributed by atoms with Crippen LogP contribution in [0.15, 0.2) is 54.6 Å². The summed E-state index contributed by atoms with van der Waals surface area (Å²) >= 11 is 0. The summed E-state index contributed by atoms with van der Waals surface area (Å²) < 4.78 is 39.0. The second-order valence-electron chi connectivity index (χ2n) is 11.4. The van der Waals surface area contributed by atoms with E-state index in [1.807, 2.05) is 9.80 Å². The predicted molar refractivity (Wildman–Crippen MR) is 165 cm³/mol. The van der Waals surface area contributed by atoms with Gasteiger partial charge in [0.15, 0.2) is 5.78 Å². The standard InChI is InChI=1S/C29H36F3N11O3/c30-29(31,32)46-43(23-4-2-1-3-5-23)25(45)12-24(44)17-6-8-22(9-7-17)37-26-38-27(41-13-18(33)10-19(34)14-41)40-28(39-26)42-15-20(35)11-21(36)16-42/h1-9,18-21H,10-16,33-36H2,(H,37,38,39,40). The second kappa shape index (κ2) is 13.9. The molecule has 0 saturated carbocycles. The number of hydroxylamine groups is 1. The van der Waals surface area contributed by atoms with Crippen molar-refractivity contribution in [2.24, 2.45) is 22.9 Å². The zero-order valence-electron chi connectivity index (χ0n) is 24.8. The molecule has 1 aromatic heterocycles. The van der Waals surface area contributed by atoms with Crippen LogP contribution in [0.1, 0.15) is 29.6 Å². The Balaban J connectivity index is 1.33. The van der Waals surface area contributed by atoms with Gasteiger partial charge in [-0.1, -0.05) is 18.2 Å². The number of aromatic nitrogens is 3. The molecule has 0 bridgehead atoms. The highest BCUT2D eigenvalue weighted by atomic mass is 19.4. The Morgan fingerprint density at radius 3 is 1.78 bits per heavy atom. The number of Topliss-reactive ketones (excluding diaryl/α,β-unsaturated/α-hetero) is 1. The van der Waals surface area contributed by atoms with Gasteiger partial charge in [0.2, 0.25) is 17.8 Å². The van der Waals surface area contributed by atoms with Gasteiger partial charge in [-0.05, 0) is 49.2 Å². The van der Waals surface area contributed by atoms with E-state index < -0.39 is 24.5 Å². The summed E-state index contributed by atoms with van der Waals surface area (Å²) in [6.07, 6.45) is -4.66. The summed E-state index contributed by atoms with van der Waals surface area (Å²) in [6, 6.07) is 12.3. The Morgan fingerprint density at radius 1 is 0.804 bits per heavy atom. The van der Waals surface area contributed by atoms with E-state index in [1.54, 1.807) is 18.2 Å². The molecule has 4 unspecified atom stereocenters. The summed E-state index contributed by atoms with van der Waals surface area (Å²) in [5, 5.41) is 3.17. The van der Waals surface area contributed by atoms with Gasteiger partial charge in [-0.25, -0.2) is 0 Å². The number of alkyl halides is 3. The van der Waals surface area contributed by atoms with E-state index in [2.05, 4.69) is 25.1 Å². The van der Waals surface area contributed by atoms with Crippen LogP contribution in [-0.4, -0.2) is 83.4 Å². The van der Waals surface area contributed by atoms with Gasteiger partial charge in [0.25, 0.3) is 5.91 Å². The number of hydrogen-bond acceptors (Lipinski definition) is 13. The monoisotopic (exact) mass is 643 g/mol. The third kappa shape index (κ3) is 8.64. The molecule has 246 valence electrons. The van der Waals surface area contributed by atoms with E-state index in [0.717, 1.165) is 0 Å². The fourth-order valence-electron chi connectivity index (χ4n) is 5.47. The van der Waals surface area contributed by atoms with Crippen LogP contribution < -0.4 is 43.1 Å². The zero-order valence-corrected chi connectivity index (χ0v) is 24.8. The largest absolute Gasteiger partial charge is 0.544 e. The van der Waals surface area contributed by atoms with Gasteiger partial charge in [-0.15, -0.1) is 13.2 Å². The summed E-state index contributed by atoms with van der Waals surface area (Å²) in [5.74, 6) is -0.934. The van der Waals surface area contributed by atoms with Gasteiger partial charge < -0.3 is 38.1 Å². The SMILES string of the molecule is NC1CC(N)CN(c2nc(Nc3ccc(C(=O)CC(=O)N(OC(F)(F)F)c4ccccc4)cc3)nc(N3CC(N)CC(N)C3)n2)C1. The summed E-state index contributed by atoms with van der Waals surface area (Å²) in [6.45, 7) is 2.00. The van der Waals surface area contributed by atoms with Crippen LogP contribution in [0.4, 0.5) is 42.4 Å². The van der Waals surface area contributed by atoms with Crippen LogP contribution in [0, 0.1) is 0 Å². The number of nitrogens with one attached hydrogen (secondary N) is 1. The van der Waals surface area contributed by atoms with Crippen molar-refractivity contribution in [2.45, 2.75) is 49.8 Å². The van der Waals surface area contributed by atoms with Crippen molar-refractivity contribution in [3.05, 3.63) is 60.2 Å². The van der Waals surface area contributed by atoms with Gasteiger partial charge in [0.05, 0.1) is 12.1 Å². The first-order chi connectivity index (χ1) is 21.8. The number of para-hydroxylation sites is 1. The Morgan fingerprint density at radius 2 is 1.30 bits per heavy atom. The molecule has 0 aliphatic carbocycles. The third-order valence-corrected chi connectivity index (χ3v) is 7.39. The fraction of sp³-hybridized carbons (Fsp3) is 0.414. The average Bonchev–Trinajstić information content (AvgIpc) is 2.99. The van der Waals surface area contributed by atoms with Gasteiger partial charge >= 0.3 is 6.36 Å². The topological polar surface area (TPSA) is 208 Å². The maximum atomic E-state index is 13.0. The number of hydrogen-bond donors (Lipinski definition) is 5. The zero-order chi connectivity index (χ0) is 33.0. The minimum absolute atomic E-state index is 0.0634. The van der Waals surface area contributed by atoms with Gasteiger partial charge in [-0.3, -0.25) is 9.59 Å². The molecule has 2 saturated heterocycles. The van der Waals surface area contributed by atoms with Gasteiger partial charge in [-0.2, -0.15) is 24.9 Å². The van der Waals surface area contributed by atoms with Crippen LogP contribution in [0.5, 0.6) is 0 Å². The summed E-state index contributed by atoms with van der Waals surface area (Å²) in [5.41, 5.74) is 25.3. The van der Waals surface area contributed by atoms with Gasteiger partial charge in [0.1, 0.15) is 0 Å². The van der Waals surface area contributed by atoms with Crippen LogP contribution in [0.2, 0.25) is 0 Å². The van der Waals surface area contributed by atoms with Gasteiger partial charge in [0, 0.05) is 61.6 Å². The molecule has 9 N–H and O–H groups in total. The number of anilines is 5. The Hall–Kier alpha value is -4.42. The maximum Gasteiger partial charge on any atom is 0.544 e. The molecule has 2 aromatic carbocycles. The first kappa shape index (κ1) is 33.0. The highest BCUT2D eigenvalue weighted by molar-refractivity contribution is 6.11. The molecular weight excluding hydrogens is 607 g/mol. The average molecular weight is 644 g/mol. The normalized spacial score (nSPS) is 22.0. The number of piperidine rings is 2. The molecular formula is C29H36F3N11O3. The lowest BCUT2D eigenvalue weighted by atomic mass is 10.0. The van der Waals surface area contributed by atoms with E-state index in [0.29, 0.717) is 56.6 Å². The number of nitrogens with zero attached hydrogens (tertiary/aromatic N) is 6. The molecule has 14 nitrogen and oxygen atoms in total. The van der Waals surface area contributed by atoms with E-state index >= 15 is 0 Å². The second-order valence-corrected chi connectivity index (χ2v) is 11.4. The van der Waals surface area contributed by atoms with Crippen LogP contribution in [-0.2, 0) is 9.63 Å². The predicted octanol–water partition coefficient (Wildman–Crippen LogP) is 1.40. The maximum absolute atomic E-state index is 13.0. The van der Waals surface area contributed by atoms with Crippen LogP contribution in [0.25, 0.3) is 0 Å². The minimum atomic E-state index is -5.14. The molecule has 3 aromatic rings. The van der Waals surface area contributed by atoms with E-state index in [4.69, 9.17) is 22.9 Å². The Kier molecular flexibility index (Phi) is 9.97. The first-order valence-corrected chi connectivity index (χ1v) is 14.7. The van der Waals surface area contributed by atoms with Crippen LogP contribution >= 0.6 is 0 Å². The number of rotatable bonds is 9. The number of amides is 1. The van der Waals surface area contributed by atoms with Crippen LogP contribution in [0.3, 0.4) is 0 Å². The molecule has 46 heavy (non-hydrogen) atoms. The molecule has 5 rings (SSSR count). The fourth-order valence-corrected chi connectivity index (χ4v) is 5.47. The van der Waals surface area contributed by atoms with E-state index in [1.165, 1.54) is 36.4 Å². The van der Waals surface area contributed by atoms with Crippen molar-refractivity contribution in [2.75, 3.05) is 46.4 Å². The quantitative estimate of drug-likeness (QED) is 0.127. The number of benzene rings is 2. The molecule has 4 atom stereocenters. The highest BCUT2D eigenvalue weighted by Gasteiger charge is 2.37. The summed E-state index contributed by atoms with van der Waals surface area (Å²) in [4.78, 5) is 47.2. The smallest absolute Gasteiger partial charge is 0.338 e. The number of ketones is 1. The molecule has 2 fully saturated rings. The number of carbonyl (C=O) groups excluding carboxylic acids is 2. The lowest BCUT2D eigenvalue weighted by Crippen LogP contribution is -2.54. The third-order valence-electron chi connectivity index (χ3n) is 7.39. The molecule has 0 radical (unpaired) electrons. The van der Waals surface area contributed by atoms with Crippen molar-refractivity contribution in [1.29, 1.82) is 0 Å². The minimum Gasteiger partial charge on any atom is -0.338 e. The highest BCUT2D eigenvalue weighted by Crippen LogP contribution is 2.26. The summed E-state index contributed by atoms with van der Waals surface area (Å²) in [7, 11) is 0. The van der Waals surface area contributed by atoms with Crippen molar-refractivity contribution in [3.63, 3.8) is 0 Å². The van der Waals surface area contributed by atoms with Crippen molar-refractivity contribution in [3.8, 4) is 0 Å². The number of carbonyl (C=O) groups is 2. The Labute approximate surface area is 262 Å². The van der Waals surface area contributed by atoms with Crippen molar-refractivity contribution >= 4 is 40.9 Å². The molecule has 17 heteroatoms. The molecule has 0 spiro atoms. The molecule has 2 aliphatic heterocycles. The van der Waals surface area contributed by atoms with E-state index in [-0.39, 0.29) is 46.4 Å². The number of halogens is 3. The molecule has 1 amide bonds. The molecule has 3 heterocycles. The first-order valence-electron chi connectivity index (χ1n) is 14.7. The van der Waals surface area contributed by atoms with Crippen molar-refractivity contribution in [1.82, 2.24) is 15.0 Å². The lowest BCUT2D eigenvalue weighted by molar-refractivity contribution is -0.327.